The molecule has 0 atom stereocenters. The molecule has 7 nitrogen and oxygen atoms in total. The monoisotopic (exact) mass is 293 g/mol. The molecule has 0 amide bonds. The van der Waals surface area contributed by atoms with Crippen molar-refractivity contribution >= 4 is 21.7 Å². The summed E-state index contributed by atoms with van der Waals surface area (Å²) >= 11 is 0. The minimum Gasteiger partial charge on any atom is -0.369 e. The van der Waals surface area contributed by atoms with Crippen LogP contribution in [0.15, 0.2) is 41.8 Å². The SMILES string of the molecule is CCCNc1ncccc1S(=O)(=O)Nc1cnccn1. The minimum atomic E-state index is -3.75. The zero-order valence-corrected chi connectivity index (χ0v) is 11.8. The molecule has 0 aliphatic carbocycles. The van der Waals surface area contributed by atoms with Crippen LogP contribution in [0.5, 0.6) is 0 Å². The van der Waals surface area contributed by atoms with Crippen LogP contribution < -0.4 is 10.0 Å². The molecule has 0 saturated carbocycles. The molecule has 0 aliphatic rings. The van der Waals surface area contributed by atoms with Crippen molar-refractivity contribution in [3.8, 4) is 0 Å². The van der Waals surface area contributed by atoms with Gasteiger partial charge in [-0.05, 0) is 18.6 Å². The van der Waals surface area contributed by atoms with E-state index in [1.807, 2.05) is 6.92 Å². The summed E-state index contributed by atoms with van der Waals surface area (Å²) in [5.41, 5.74) is 0. The first-order valence-electron chi connectivity index (χ1n) is 6.11. The number of hydrogen-bond acceptors (Lipinski definition) is 6. The lowest BCUT2D eigenvalue weighted by Crippen LogP contribution is -2.17. The molecule has 0 radical (unpaired) electrons. The van der Waals surface area contributed by atoms with Crippen LogP contribution in [-0.4, -0.2) is 29.9 Å². The Hall–Kier alpha value is -2.22. The zero-order chi connectivity index (χ0) is 14.4. The Balaban J connectivity index is 2.30. The molecule has 2 rings (SSSR count). The maximum absolute atomic E-state index is 12.3. The summed E-state index contributed by atoms with van der Waals surface area (Å²) in [5, 5.41) is 2.99. The fourth-order valence-electron chi connectivity index (χ4n) is 1.53. The third-order valence-electron chi connectivity index (χ3n) is 2.40. The molecule has 0 spiro atoms. The molecule has 106 valence electrons. The second kappa shape index (κ2) is 6.29. The molecule has 0 bridgehead atoms. The molecule has 2 N–H and O–H groups in total. The molecule has 20 heavy (non-hydrogen) atoms. The number of hydrogen-bond donors (Lipinski definition) is 2. The minimum absolute atomic E-state index is 0.0825. The average Bonchev–Trinajstić information content (AvgIpc) is 2.46. The van der Waals surface area contributed by atoms with Crippen molar-refractivity contribution in [2.24, 2.45) is 0 Å². The van der Waals surface area contributed by atoms with Gasteiger partial charge in [0, 0.05) is 25.1 Å². The summed E-state index contributed by atoms with van der Waals surface area (Å²) in [5.74, 6) is 0.489. The topological polar surface area (TPSA) is 96.9 Å². The van der Waals surface area contributed by atoms with Gasteiger partial charge in [0.1, 0.15) is 10.7 Å². The fraction of sp³-hybridized carbons (Fsp3) is 0.250. The fourth-order valence-corrected chi connectivity index (χ4v) is 2.66. The van der Waals surface area contributed by atoms with Crippen molar-refractivity contribution in [2.45, 2.75) is 18.2 Å². The predicted octanol–water partition coefficient (Wildman–Crippen LogP) is 1.49. The van der Waals surface area contributed by atoms with Gasteiger partial charge in [-0.1, -0.05) is 6.92 Å². The van der Waals surface area contributed by atoms with Gasteiger partial charge >= 0.3 is 0 Å². The highest BCUT2D eigenvalue weighted by atomic mass is 32.2. The highest BCUT2D eigenvalue weighted by molar-refractivity contribution is 7.92. The van der Waals surface area contributed by atoms with Gasteiger partial charge in [-0.2, -0.15) is 0 Å². The second-order valence-electron chi connectivity index (χ2n) is 3.97. The molecule has 2 aromatic rings. The molecule has 0 aliphatic heterocycles. The first-order chi connectivity index (χ1) is 9.63. The van der Waals surface area contributed by atoms with Crippen LogP contribution in [0, 0.1) is 0 Å². The van der Waals surface area contributed by atoms with E-state index in [0.717, 1.165) is 6.42 Å². The normalized spacial score (nSPS) is 11.1. The smallest absolute Gasteiger partial charge is 0.266 e. The maximum atomic E-state index is 12.3. The lowest BCUT2D eigenvalue weighted by molar-refractivity contribution is 0.601. The Morgan fingerprint density at radius 1 is 1.20 bits per heavy atom. The number of nitrogens with zero attached hydrogens (tertiary/aromatic N) is 3. The predicted molar refractivity (Wildman–Crippen MR) is 75.9 cm³/mol. The average molecular weight is 293 g/mol. The third-order valence-corrected chi connectivity index (χ3v) is 3.79. The Kier molecular flexibility index (Phi) is 4.46. The Labute approximate surface area is 117 Å². The highest BCUT2D eigenvalue weighted by Gasteiger charge is 2.19. The number of pyridine rings is 1. The van der Waals surface area contributed by atoms with Crippen LogP contribution in [0.1, 0.15) is 13.3 Å². The lowest BCUT2D eigenvalue weighted by Gasteiger charge is -2.11. The molecule has 8 heteroatoms. The van der Waals surface area contributed by atoms with Crippen molar-refractivity contribution < 1.29 is 8.42 Å². The van der Waals surface area contributed by atoms with Gasteiger partial charge < -0.3 is 5.32 Å². The molecule has 0 saturated heterocycles. The summed E-state index contributed by atoms with van der Waals surface area (Å²) in [7, 11) is -3.75. The van der Waals surface area contributed by atoms with Gasteiger partial charge in [-0.3, -0.25) is 9.71 Å². The first kappa shape index (κ1) is 14.2. The van der Waals surface area contributed by atoms with Gasteiger partial charge in [0.05, 0.1) is 6.20 Å². The number of anilines is 2. The summed E-state index contributed by atoms with van der Waals surface area (Å²) in [6, 6.07) is 3.06. The molecule has 0 unspecified atom stereocenters. The standard InChI is InChI=1S/C12H15N5O2S/c1-2-5-15-12-10(4-3-6-16-12)20(18,19)17-11-9-13-7-8-14-11/h3-4,6-9H,2,5H2,1H3,(H,14,17)(H,15,16). The van der Waals surface area contributed by atoms with Crippen molar-refractivity contribution in [2.75, 3.05) is 16.6 Å². The van der Waals surface area contributed by atoms with Crippen LogP contribution in [0.3, 0.4) is 0 Å². The summed E-state index contributed by atoms with van der Waals surface area (Å²) in [4.78, 5) is 11.8. The van der Waals surface area contributed by atoms with Crippen LogP contribution in [0.2, 0.25) is 0 Å². The third kappa shape index (κ3) is 3.41. The van der Waals surface area contributed by atoms with E-state index < -0.39 is 10.0 Å². The van der Waals surface area contributed by atoms with Gasteiger partial charge in [0.15, 0.2) is 5.82 Å². The van der Waals surface area contributed by atoms with Crippen LogP contribution >= 0.6 is 0 Å². The van der Waals surface area contributed by atoms with Crippen LogP contribution in [-0.2, 0) is 10.0 Å². The largest absolute Gasteiger partial charge is 0.369 e. The number of sulfonamides is 1. The van der Waals surface area contributed by atoms with Crippen molar-refractivity contribution in [3.63, 3.8) is 0 Å². The number of rotatable bonds is 6. The van der Waals surface area contributed by atoms with Gasteiger partial charge in [0.25, 0.3) is 10.0 Å². The highest BCUT2D eigenvalue weighted by Crippen LogP contribution is 2.20. The molecule has 0 fully saturated rings. The van der Waals surface area contributed by atoms with Gasteiger partial charge in [-0.15, -0.1) is 0 Å². The van der Waals surface area contributed by atoms with Crippen molar-refractivity contribution in [1.29, 1.82) is 0 Å². The van der Waals surface area contributed by atoms with Gasteiger partial charge in [0.2, 0.25) is 0 Å². The van der Waals surface area contributed by atoms with E-state index in [-0.39, 0.29) is 10.7 Å². The number of nitrogens with one attached hydrogen (secondary N) is 2. The Morgan fingerprint density at radius 2 is 2.05 bits per heavy atom. The van der Waals surface area contributed by atoms with E-state index >= 15 is 0 Å². The lowest BCUT2D eigenvalue weighted by atomic mass is 10.4. The molecule has 2 heterocycles. The zero-order valence-electron chi connectivity index (χ0n) is 10.9. The summed E-state index contributed by atoms with van der Waals surface area (Å²) in [6.07, 6.45) is 6.63. The maximum Gasteiger partial charge on any atom is 0.266 e. The summed E-state index contributed by atoms with van der Waals surface area (Å²) < 4.78 is 27.0. The second-order valence-corrected chi connectivity index (χ2v) is 5.62. The quantitative estimate of drug-likeness (QED) is 0.837. The number of aromatic nitrogens is 3. The van der Waals surface area contributed by atoms with E-state index in [4.69, 9.17) is 0 Å². The summed E-state index contributed by atoms with van der Waals surface area (Å²) in [6.45, 7) is 2.63. The molecular weight excluding hydrogens is 278 g/mol. The van der Waals surface area contributed by atoms with Gasteiger partial charge in [-0.25, -0.2) is 18.4 Å². The van der Waals surface area contributed by atoms with Crippen molar-refractivity contribution in [3.05, 3.63) is 36.9 Å². The van der Waals surface area contributed by atoms with E-state index in [0.29, 0.717) is 12.4 Å². The van der Waals surface area contributed by atoms with E-state index in [1.165, 1.54) is 24.7 Å². The Morgan fingerprint density at radius 3 is 2.75 bits per heavy atom. The molecule has 2 aromatic heterocycles. The molecular formula is C12H15N5O2S. The first-order valence-corrected chi connectivity index (χ1v) is 7.59. The Bertz CT molecular complexity index is 661. The van der Waals surface area contributed by atoms with Crippen LogP contribution in [0.25, 0.3) is 0 Å². The van der Waals surface area contributed by atoms with E-state index in [9.17, 15) is 8.42 Å². The van der Waals surface area contributed by atoms with E-state index in [1.54, 1.807) is 12.3 Å². The van der Waals surface area contributed by atoms with Crippen molar-refractivity contribution in [1.82, 2.24) is 15.0 Å². The molecule has 0 aromatic carbocycles. The van der Waals surface area contributed by atoms with E-state index in [2.05, 4.69) is 25.0 Å². The van der Waals surface area contributed by atoms with Crippen LogP contribution in [0.4, 0.5) is 11.6 Å².